The van der Waals surface area contributed by atoms with E-state index in [2.05, 4.69) is 155 Å². The van der Waals surface area contributed by atoms with Crippen molar-refractivity contribution in [1.29, 1.82) is 0 Å². The van der Waals surface area contributed by atoms with E-state index in [0.717, 1.165) is 18.5 Å². The highest BCUT2D eigenvalue weighted by Crippen LogP contribution is 2.43. The molecule has 1 aliphatic rings. The van der Waals surface area contributed by atoms with Gasteiger partial charge < -0.3 is 9.13 Å². The lowest BCUT2D eigenvalue weighted by molar-refractivity contribution is 0.887. The number of hydrogen-bond acceptors (Lipinski definition) is 0. The summed E-state index contributed by atoms with van der Waals surface area (Å²) in [4.78, 5) is 0. The van der Waals surface area contributed by atoms with Crippen molar-refractivity contribution in [1.82, 2.24) is 9.13 Å². The Morgan fingerprint density at radius 2 is 1.42 bits per heavy atom. The van der Waals surface area contributed by atoms with Gasteiger partial charge in [0.25, 0.3) is 0 Å². The van der Waals surface area contributed by atoms with Crippen molar-refractivity contribution in [2.24, 2.45) is 0 Å². The Morgan fingerprint density at radius 1 is 0.711 bits per heavy atom. The molecule has 7 aromatic rings. The van der Waals surface area contributed by atoms with Gasteiger partial charge in [-0.2, -0.15) is 0 Å². The number of aromatic nitrogens is 2. The zero-order valence-corrected chi connectivity index (χ0v) is 25.2. The Labute approximate surface area is 263 Å². The van der Waals surface area contributed by atoms with Crippen LogP contribution in [0.4, 0.5) is 0 Å². The molecule has 2 aromatic heterocycles. The molecule has 0 amide bonds. The average molecular weight is 577 g/mol. The largest absolute Gasteiger partial charge is 0.312 e. The zero-order chi connectivity index (χ0) is 30.3. The van der Waals surface area contributed by atoms with Crippen LogP contribution in [-0.2, 0) is 6.42 Å². The van der Waals surface area contributed by atoms with Crippen molar-refractivity contribution >= 4 is 44.4 Å². The second-order valence-corrected chi connectivity index (χ2v) is 11.6. The maximum Gasteiger partial charge on any atom is 0.0548 e. The Kier molecular flexibility index (Phi) is 6.59. The van der Waals surface area contributed by atoms with E-state index in [1.54, 1.807) is 6.08 Å². The van der Waals surface area contributed by atoms with E-state index < -0.39 is 0 Å². The first-order valence-electron chi connectivity index (χ1n) is 15.6. The molecular weight excluding hydrogens is 544 g/mol. The lowest BCUT2D eigenvalue weighted by Crippen LogP contribution is -2.05. The monoisotopic (exact) mass is 576 g/mol. The van der Waals surface area contributed by atoms with Gasteiger partial charge in [0.1, 0.15) is 0 Å². The van der Waals surface area contributed by atoms with Crippen molar-refractivity contribution in [3.8, 4) is 34.8 Å². The fraction of sp³-hybridized carbons (Fsp3) is 0.0698. The predicted octanol–water partition coefficient (Wildman–Crippen LogP) is 10.9. The van der Waals surface area contributed by atoms with Crippen LogP contribution >= 0.6 is 0 Å². The standard InChI is InChI=1S/C43H32N2/c1-3-4-6-15-30(2)34-18-9-12-21-37(34)45-39-23-14-11-20-36(39)43-41(45)29-28-40-42(43)35-19-10-13-22-38(35)44(40)33-26-24-32(25-27-33)31-16-7-5-8-17-31/h1,4-13,15-22,24-29H,14,23H2,2H3/b6-4-,30-15+. The van der Waals surface area contributed by atoms with Crippen molar-refractivity contribution in [3.63, 3.8) is 0 Å². The Bertz CT molecular complexity index is 2370. The van der Waals surface area contributed by atoms with Crippen LogP contribution < -0.4 is 0 Å². The molecule has 45 heavy (non-hydrogen) atoms. The van der Waals surface area contributed by atoms with Crippen molar-refractivity contribution in [2.75, 3.05) is 0 Å². The average Bonchev–Trinajstić information content (AvgIpc) is 3.61. The van der Waals surface area contributed by atoms with Gasteiger partial charge in [-0.3, -0.25) is 0 Å². The van der Waals surface area contributed by atoms with Crippen molar-refractivity contribution in [2.45, 2.75) is 19.8 Å². The quantitative estimate of drug-likeness (QED) is 0.142. The van der Waals surface area contributed by atoms with Gasteiger partial charge in [-0.1, -0.05) is 109 Å². The smallest absolute Gasteiger partial charge is 0.0548 e. The Hall–Kier alpha value is -5.78. The number of para-hydroxylation sites is 2. The molecule has 8 rings (SSSR count). The fourth-order valence-corrected chi connectivity index (χ4v) is 7.09. The van der Waals surface area contributed by atoms with Gasteiger partial charge in [-0.05, 0) is 78.9 Å². The lowest BCUT2D eigenvalue weighted by Gasteiger charge is -2.17. The number of rotatable bonds is 5. The van der Waals surface area contributed by atoms with Crippen LogP contribution in [0.25, 0.3) is 66.9 Å². The van der Waals surface area contributed by atoms with Gasteiger partial charge in [0, 0.05) is 38.7 Å². The van der Waals surface area contributed by atoms with Gasteiger partial charge in [-0.25, -0.2) is 0 Å². The normalized spacial score (nSPS) is 13.2. The van der Waals surface area contributed by atoms with E-state index in [9.17, 15) is 0 Å². The van der Waals surface area contributed by atoms with Crippen LogP contribution in [0.15, 0.2) is 140 Å². The van der Waals surface area contributed by atoms with Gasteiger partial charge in [0.2, 0.25) is 0 Å². The van der Waals surface area contributed by atoms with E-state index in [1.165, 1.54) is 71.9 Å². The molecular formula is C43H32N2. The van der Waals surface area contributed by atoms with Crippen molar-refractivity contribution < 1.29 is 0 Å². The molecule has 0 bridgehead atoms. The van der Waals surface area contributed by atoms with Crippen LogP contribution in [0, 0.1) is 12.3 Å². The molecule has 0 saturated carbocycles. The summed E-state index contributed by atoms with van der Waals surface area (Å²) in [5.74, 6) is 2.60. The van der Waals surface area contributed by atoms with Crippen LogP contribution in [-0.4, -0.2) is 9.13 Å². The molecule has 5 aromatic carbocycles. The Balaban J connectivity index is 1.40. The summed E-state index contributed by atoms with van der Waals surface area (Å²) in [7, 11) is 0. The van der Waals surface area contributed by atoms with Gasteiger partial charge >= 0.3 is 0 Å². The highest BCUT2D eigenvalue weighted by molar-refractivity contribution is 6.23. The summed E-state index contributed by atoms with van der Waals surface area (Å²) >= 11 is 0. The molecule has 0 unspecified atom stereocenters. The molecule has 0 saturated heterocycles. The third-order valence-corrected chi connectivity index (χ3v) is 9.08. The number of hydrogen-bond donors (Lipinski definition) is 0. The SMILES string of the molecule is C#C/C=C\C=C(/C)c1ccccc1-n1c2c(c3c4c5ccccc5n(-c5ccc(-c6ccccc6)cc5)c4ccc31)C=CCC2. The first kappa shape index (κ1) is 26.8. The van der Waals surface area contributed by atoms with Crippen molar-refractivity contribution in [3.05, 3.63) is 156 Å². The summed E-state index contributed by atoms with van der Waals surface area (Å²) in [6.45, 7) is 2.16. The summed E-state index contributed by atoms with van der Waals surface area (Å²) in [6.07, 6.45) is 18.0. The highest BCUT2D eigenvalue weighted by Gasteiger charge is 2.24. The van der Waals surface area contributed by atoms with E-state index in [1.807, 2.05) is 6.08 Å². The number of terminal acetylenes is 1. The molecule has 2 heteroatoms. The minimum absolute atomic E-state index is 0.996. The third-order valence-electron chi connectivity index (χ3n) is 9.08. The molecule has 0 aliphatic heterocycles. The second-order valence-electron chi connectivity index (χ2n) is 11.6. The number of fused-ring (bicyclic) bond motifs is 7. The van der Waals surface area contributed by atoms with Crippen LogP contribution in [0.5, 0.6) is 0 Å². The van der Waals surface area contributed by atoms with Gasteiger partial charge in [0.05, 0.1) is 22.2 Å². The minimum atomic E-state index is 0.996. The van der Waals surface area contributed by atoms with E-state index in [-0.39, 0.29) is 0 Å². The number of allylic oxidation sites excluding steroid dienone is 5. The van der Waals surface area contributed by atoms with Crippen LogP contribution in [0.3, 0.4) is 0 Å². The first-order valence-corrected chi connectivity index (χ1v) is 15.6. The number of benzene rings is 5. The van der Waals surface area contributed by atoms with Gasteiger partial charge in [-0.15, -0.1) is 6.42 Å². The Morgan fingerprint density at radius 3 is 2.24 bits per heavy atom. The lowest BCUT2D eigenvalue weighted by atomic mass is 9.99. The summed E-state index contributed by atoms with van der Waals surface area (Å²) in [6, 6.07) is 41.7. The summed E-state index contributed by atoms with van der Waals surface area (Å²) in [5.41, 5.74) is 13.5. The maximum absolute atomic E-state index is 5.48. The van der Waals surface area contributed by atoms with E-state index >= 15 is 0 Å². The molecule has 0 N–H and O–H groups in total. The molecule has 0 atom stereocenters. The number of nitrogens with zero attached hydrogens (tertiary/aromatic N) is 2. The van der Waals surface area contributed by atoms with E-state index in [0.29, 0.717) is 0 Å². The topological polar surface area (TPSA) is 9.86 Å². The van der Waals surface area contributed by atoms with Crippen LogP contribution in [0.2, 0.25) is 0 Å². The maximum atomic E-state index is 5.48. The first-order chi connectivity index (χ1) is 22.2. The second kappa shape index (κ2) is 11.1. The molecule has 0 radical (unpaired) electrons. The summed E-state index contributed by atoms with van der Waals surface area (Å²) < 4.78 is 4.93. The molecule has 214 valence electrons. The molecule has 0 fully saturated rings. The fourth-order valence-electron chi connectivity index (χ4n) is 7.09. The van der Waals surface area contributed by atoms with Crippen LogP contribution in [0.1, 0.15) is 30.2 Å². The van der Waals surface area contributed by atoms with Gasteiger partial charge in [0.15, 0.2) is 0 Å². The molecule has 2 heterocycles. The molecule has 2 nitrogen and oxygen atoms in total. The van der Waals surface area contributed by atoms with E-state index in [4.69, 9.17) is 6.42 Å². The molecule has 1 aliphatic carbocycles. The predicted molar refractivity (Wildman–Crippen MR) is 192 cm³/mol. The molecule has 0 spiro atoms. The minimum Gasteiger partial charge on any atom is -0.312 e. The summed E-state index contributed by atoms with van der Waals surface area (Å²) in [5, 5.41) is 3.89. The highest BCUT2D eigenvalue weighted by atomic mass is 15.0. The zero-order valence-electron chi connectivity index (χ0n) is 25.2. The third kappa shape index (κ3) is 4.36.